The van der Waals surface area contributed by atoms with Crippen LogP contribution in [-0.2, 0) is 7.05 Å². The van der Waals surface area contributed by atoms with Gasteiger partial charge < -0.3 is 20.2 Å². The lowest BCUT2D eigenvalue weighted by Gasteiger charge is -2.10. The van der Waals surface area contributed by atoms with Crippen molar-refractivity contribution in [2.45, 2.75) is 13.0 Å². The summed E-state index contributed by atoms with van der Waals surface area (Å²) in [6.45, 7) is 1.87. The van der Waals surface area contributed by atoms with Gasteiger partial charge in [0.25, 0.3) is 5.89 Å². The molecule has 0 bridgehead atoms. The van der Waals surface area contributed by atoms with Crippen LogP contribution < -0.4 is 10.6 Å². The SMILES string of the molecule is Cc1cnc(Nc2ccnn2C)nc1-c1coc(C(=O)NCC(O)c2ccccc2)n1. The van der Waals surface area contributed by atoms with Gasteiger partial charge in [0, 0.05) is 25.9 Å². The number of aromatic nitrogens is 5. The molecule has 1 aromatic carbocycles. The number of rotatable bonds is 7. The molecule has 0 radical (unpaired) electrons. The maximum absolute atomic E-state index is 12.4. The van der Waals surface area contributed by atoms with Crippen LogP contribution in [0.4, 0.5) is 11.8 Å². The number of anilines is 2. The molecule has 3 N–H and O–H groups in total. The lowest BCUT2D eigenvalue weighted by Crippen LogP contribution is -2.28. The number of carbonyl (C=O) groups is 1. The van der Waals surface area contributed by atoms with E-state index in [0.717, 1.165) is 11.4 Å². The molecule has 1 unspecified atom stereocenters. The first-order chi connectivity index (χ1) is 15.0. The van der Waals surface area contributed by atoms with E-state index in [-0.39, 0.29) is 12.4 Å². The number of nitrogens with zero attached hydrogens (tertiary/aromatic N) is 5. The highest BCUT2D eigenvalue weighted by atomic mass is 16.4. The van der Waals surface area contributed by atoms with Crippen molar-refractivity contribution in [2.75, 3.05) is 11.9 Å². The van der Waals surface area contributed by atoms with Crippen molar-refractivity contribution >= 4 is 17.7 Å². The fraction of sp³-hybridized carbons (Fsp3) is 0.190. The molecular weight excluding hydrogens is 398 g/mol. The van der Waals surface area contributed by atoms with E-state index in [0.29, 0.717) is 22.9 Å². The van der Waals surface area contributed by atoms with E-state index in [9.17, 15) is 9.90 Å². The van der Waals surface area contributed by atoms with Gasteiger partial charge in [0.2, 0.25) is 5.95 Å². The average molecular weight is 419 g/mol. The molecule has 1 atom stereocenters. The van der Waals surface area contributed by atoms with Gasteiger partial charge in [0.1, 0.15) is 23.5 Å². The molecular formula is C21H21N7O3. The average Bonchev–Trinajstić information content (AvgIpc) is 3.43. The molecule has 10 nitrogen and oxygen atoms in total. The molecule has 10 heteroatoms. The zero-order valence-corrected chi connectivity index (χ0v) is 17.0. The van der Waals surface area contributed by atoms with E-state index in [1.165, 1.54) is 6.26 Å². The van der Waals surface area contributed by atoms with Crippen molar-refractivity contribution in [3.63, 3.8) is 0 Å². The van der Waals surface area contributed by atoms with Crippen molar-refractivity contribution in [1.29, 1.82) is 0 Å². The topological polar surface area (TPSA) is 131 Å². The molecule has 0 aliphatic carbocycles. The highest BCUT2D eigenvalue weighted by Crippen LogP contribution is 2.22. The summed E-state index contributed by atoms with van der Waals surface area (Å²) in [5.41, 5.74) is 2.42. The Morgan fingerprint density at radius 1 is 1.23 bits per heavy atom. The summed E-state index contributed by atoms with van der Waals surface area (Å²) in [4.78, 5) is 25.4. The van der Waals surface area contributed by atoms with Crippen LogP contribution >= 0.6 is 0 Å². The fourth-order valence-corrected chi connectivity index (χ4v) is 2.92. The molecule has 4 rings (SSSR count). The standard InChI is InChI=1S/C21H21N7O3/c1-13-10-23-21(26-17-8-9-24-28(17)2)27-18(13)15-12-31-20(25-15)19(30)22-11-16(29)14-6-4-3-5-7-14/h3-10,12,16,29H,11H2,1-2H3,(H,22,30)(H,23,26,27). The smallest absolute Gasteiger partial charge is 0.307 e. The van der Waals surface area contributed by atoms with E-state index >= 15 is 0 Å². The number of aliphatic hydroxyl groups is 1. The Morgan fingerprint density at radius 3 is 2.77 bits per heavy atom. The van der Waals surface area contributed by atoms with Crippen LogP contribution in [0.1, 0.15) is 27.9 Å². The minimum Gasteiger partial charge on any atom is -0.440 e. The normalized spacial score (nSPS) is 11.8. The first-order valence-corrected chi connectivity index (χ1v) is 9.57. The summed E-state index contributed by atoms with van der Waals surface area (Å²) in [5.74, 6) is 0.451. The lowest BCUT2D eigenvalue weighted by atomic mass is 10.1. The summed E-state index contributed by atoms with van der Waals surface area (Å²) in [6.07, 6.45) is 3.86. The highest BCUT2D eigenvalue weighted by molar-refractivity contribution is 5.90. The van der Waals surface area contributed by atoms with Crippen LogP contribution in [-0.4, -0.2) is 42.3 Å². The zero-order chi connectivity index (χ0) is 21.8. The summed E-state index contributed by atoms with van der Waals surface area (Å²) >= 11 is 0. The number of aryl methyl sites for hydroxylation is 2. The van der Waals surface area contributed by atoms with Gasteiger partial charge in [0.15, 0.2) is 0 Å². The second-order valence-electron chi connectivity index (χ2n) is 6.86. The zero-order valence-electron chi connectivity index (χ0n) is 17.0. The number of aliphatic hydroxyl groups excluding tert-OH is 1. The Labute approximate surface area is 178 Å². The molecule has 0 aliphatic heterocycles. The second-order valence-corrected chi connectivity index (χ2v) is 6.86. The summed E-state index contributed by atoms with van der Waals surface area (Å²) < 4.78 is 7.00. The van der Waals surface area contributed by atoms with Crippen molar-refractivity contribution < 1.29 is 14.3 Å². The van der Waals surface area contributed by atoms with E-state index in [4.69, 9.17) is 4.42 Å². The molecule has 1 amide bonds. The maximum Gasteiger partial charge on any atom is 0.307 e. The van der Waals surface area contributed by atoms with Gasteiger partial charge in [-0.1, -0.05) is 30.3 Å². The van der Waals surface area contributed by atoms with Crippen LogP contribution in [0.15, 0.2) is 59.5 Å². The van der Waals surface area contributed by atoms with E-state index in [2.05, 4.69) is 30.7 Å². The Kier molecular flexibility index (Phi) is 5.72. The number of benzene rings is 1. The van der Waals surface area contributed by atoms with E-state index < -0.39 is 12.0 Å². The highest BCUT2D eigenvalue weighted by Gasteiger charge is 2.18. The predicted molar refractivity (Wildman–Crippen MR) is 112 cm³/mol. The number of amides is 1. The molecule has 158 valence electrons. The van der Waals surface area contributed by atoms with Crippen LogP contribution in [0.5, 0.6) is 0 Å². The van der Waals surface area contributed by atoms with E-state index in [1.54, 1.807) is 42.3 Å². The maximum atomic E-state index is 12.4. The van der Waals surface area contributed by atoms with Gasteiger partial charge in [-0.2, -0.15) is 5.10 Å². The van der Waals surface area contributed by atoms with Crippen molar-refractivity contribution in [2.24, 2.45) is 7.05 Å². The third kappa shape index (κ3) is 4.59. The lowest BCUT2D eigenvalue weighted by molar-refractivity contribution is 0.0882. The summed E-state index contributed by atoms with van der Waals surface area (Å²) in [7, 11) is 1.80. The summed E-state index contributed by atoms with van der Waals surface area (Å²) in [6, 6.07) is 10.9. The molecule has 3 aromatic heterocycles. The van der Waals surface area contributed by atoms with Crippen LogP contribution in [0.3, 0.4) is 0 Å². The van der Waals surface area contributed by atoms with Crippen molar-refractivity contribution in [3.8, 4) is 11.4 Å². The molecule has 0 aliphatic rings. The number of hydrogen-bond donors (Lipinski definition) is 3. The molecule has 0 spiro atoms. The Balaban J connectivity index is 1.46. The van der Waals surface area contributed by atoms with Gasteiger partial charge >= 0.3 is 5.91 Å². The van der Waals surface area contributed by atoms with Crippen molar-refractivity contribution in [3.05, 3.63) is 72.1 Å². The summed E-state index contributed by atoms with van der Waals surface area (Å²) in [5, 5.41) is 20.0. The molecule has 31 heavy (non-hydrogen) atoms. The van der Waals surface area contributed by atoms with Crippen molar-refractivity contribution in [1.82, 2.24) is 30.0 Å². The van der Waals surface area contributed by atoms with Gasteiger partial charge in [-0.15, -0.1) is 0 Å². The van der Waals surface area contributed by atoms with Gasteiger partial charge in [-0.3, -0.25) is 9.48 Å². The van der Waals surface area contributed by atoms with Crippen LogP contribution in [0, 0.1) is 6.92 Å². The van der Waals surface area contributed by atoms with Crippen LogP contribution in [0.25, 0.3) is 11.4 Å². The van der Waals surface area contributed by atoms with Gasteiger partial charge in [-0.05, 0) is 18.1 Å². The van der Waals surface area contributed by atoms with Gasteiger partial charge in [0.05, 0.1) is 12.3 Å². The number of oxazole rings is 1. The van der Waals surface area contributed by atoms with E-state index in [1.807, 2.05) is 25.1 Å². The monoisotopic (exact) mass is 419 g/mol. The minimum atomic E-state index is -0.829. The molecule has 0 saturated carbocycles. The fourth-order valence-electron chi connectivity index (χ4n) is 2.92. The number of carbonyl (C=O) groups excluding carboxylic acids is 1. The number of nitrogens with one attached hydrogen (secondary N) is 2. The Hall–Kier alpha value is -4.05. The molecule has 4 aromatic rings. The minimum absolute atomic E-state index is 0.0336. The third-order valence-electron chi connectivity index (χ3n) is 4.61. The largest absolute Gasteiger partial charge is 0.440 e. The Bertz CT molecular complexity index is 1190. The molecule has 0 saturated heterocycles. The first kappa shape index (κ1) is 20.2. The van der Waals surface area contributed by atoms with Crippen LogP contribution in [0.2, 0.25) is 0 Å². The predicted octanol–water partition coefficient (Wildman–Crippen LogP) is 2.38. The second kappa shape index (κ2) is 8.76. The quantitative estimate of drug-likeness (QED) is 0.416. The Morgan fingerprint density at radius 2 is 2.03 bits per heavy atom. The first-order valence-electron chi connectivity index (χ1n) is 9.57. The van der Waals surface area contributed by atoms with Gasteiger partial charge in [-0.25, -0.2) is 15.0 Å². The third-order valence-corrected chi connectivity index (χ3v) is 4.61. The number of hydrogen-bond acceptors (Lipinski definition) is 8. The molecule has 3 heterocycles. The molecule has 0 fully saturated rings.